The average Bonchev–Trinajstić information content (AvgIpc) is 3.16. The summed E-state index contributed by atoms with van der Waals surface area (Å²) in [5, 5.41) is 0. The number of hydrogen-bond acceptors (Lipinski definition) is 6. The van der Waals surface area contributed by atoms with Gasteiger partial charge in [-0.25, -0.2) is 0 Å². The average molecular weight is 454 g/mol. The maximum atomic E-state index is 12.6. The molecule has 0 radical (unpaired) electrons. The fourth-order valence-electron chi connectivity index (χ4n) is 4.46. The number of fused-ring (bicyclic) bond motifs is 5. The Bertz CT molecular complexity index is 892. The van der Waals surface area contributed by atoms with E-state index >= 15 is 0 Å². The number of ether oxygens (including phenoxy) is 3. The van der Waals surface area contributed by atoms with Gasteiger partial charge in [0.2, 0.25) is 0 Å². The molecule has 1 aliphatic heterocycles. The third kappa shape index (κ3) is 4.04. The molecule has 1 saturated heterocycles. The van der Waals surface area contributed by atoms with Gasteiger partial charge < -0.3 is 14.2 Å². The Labute approximate surface area is 186 Å². The van der Waals surface area contributed by atoms with Crippen molar-refractivity contribution in [1.29, 1.82) is 0 Å². The molecular formula is C22H25Cl2NO5. The number of allylic oxidation sites excluding steroid dienone is 2. The Balaban J connectivity index is 1.66. The Morgan fingerprint density at radius 3 is 2.50 bits per heavy atom. The Morgan fingerprint density at radius 1 is 1.10 bits per heavy atom. The largest absolute Gasteiger partial charge is 0.492 e. The van der Waals surface area contributed by atoms with Crippen LogP contribution in [0, 0.1) is 0 Å². The second-order valence-electron chi connectivity index (χ2n) is 8.12. The summed E-state index contributed by atoms with van der Waals surface area (Å²) in [5.74, 6) is 0.531. The number of ketones is 2. The smallest absolute Gasteiger partial charge is 0.187 e. The summed E-state index contributed by atoms with van der Waals surface area (Å²) in [6.45, 7) is 6.23. The van der Waals surface area contributed by atoms with Gasteiger partial charge in [-0.05, 0) is 37.6 Å². The highest BCUT2D eigenvalue weighted by atomic mass is 35.5. The van der Waals surface area contributed by atoms with E-state index < -0.39 is 5.79 Å². The molecule has 0 aromatic heterocycles. The second kappa shape index (κ2) is 8.60. The van der Waals surface area contributed by atoms with Gasteiger partial charge in [-0.2, -0.15) is 0 Å². The highest BCUT2D eigenvalue weighted by molar-refractivity contribution is 6.23. The molecule has 6 nitrogen and oxygen atoms in total. The fourth-order valence-corrected chi connectivity index (χ4v) is 4.94. The molecule has 2 aliphatic carbocycles. The van der Waals surface area contributed by atoms with Crippen molar-refractivity contribution in [3.8, 4) is 5.75 Å². The van der Waals surface area contributed by atoms with Gasteiger partial charge in [0.05, 0.1) is 6.10 Å². The molecule has 0 N–H and O–H groups in total. The van der Waals surface area contributed by atoms with E-state index in [9.17, 15) is 9.59 Å². The summed E-state index contributed by atoms with van der Waals surface area (Å²) in [6.07, 6.45) is 2.63. The molecule has 1 heterocycles. The number of hydrogen-bond donors (Lipinski definition) is 0. The molecule has 0 amide bonds. The van der Waals surface area contributed by atoms with Gasteiger partial charge in [-0.15, -0.1) is 23.2 Å². The normalized spacial score (nSPS) is 23.6. The third-order valence-corrected chi connectivity index (χ3v) is 6.01. The SMILES string of the molecule is CC1(C)OC2Cc3c4c(cc(OCCN(CCCl)CCCl)c3C2O1)C(=O)C=CC4=O. The van der Waals surface area contributed by atoms with Crippen molar-refractivity contribution in [1.82, 2.24) is 4.90 Å². The summed E-state index contributed by atoms with van der Waals surface area (Å²) in [7, 11) is 0. The standard InChI is InChI=1S/C22H25Cl2NO5/c1-22(2)29-18-12-14-19-13(15(26)3-4-16(19)27)11-17(20(14)21(18)30-22)28-10-9-25(7-5-23)8-6-24/h3-4,11,18,21H,5-10,12H2,1-2H3. The zero-order chi connectivity index (χ0) is 21.5. The topological polar surface area (TPSA) is 65.1 Å². The Kier molecular flexibility index (Phi) is 6.24. The molecule has 0 saturated carbocycles. The summed E-state index contributed by atoms with van der Waals surface area (Å²) in [6, 6.07) is 1.68. The van der Waals surface area contributed by atoms with E-state index in [2.05, 4.69) is 4.90 Å². The first kappa shape index (κ1) is 21.8. The van der Waals surface area contributed by atoms with Crippen LogP contribution in [0.25, 0.3) is 0 Å². The zero-order valence-electron chi connectivity index (χ0n) is 17.1. The van der Waals surface area contributed by atoms with Crippen LogP contribution in [0.2, 0.25) is 0 Å². The fraction of sp³-hybridized carbons (Fsp3) is 0.545. The van der Waals surface area contributed by atoms with E-state index in [0.29, 0.717) is 61.3 Å². The van der Waals surface area contributed by atoms with Crippen LogP contribution < -0.4 is 4.74 Å². The van der Waals surface area contributed by atoms with Crippen LogP contribution in [-0.4, -0.2) is 66.4 Å². The molecule has 1 fully saturated rings. The number of carbonyl (C=O) groups excluding carboxylic acids is 2. The summed E-state index contributed by atoms with van der Waals surface area (Å²) >= 11 is 11.7. The minimum atomic E-state index is -0.711. The van der Waals surface area contributed by atoms with Crippen molar-refractivity contribution in [2.24, 2.45) is 0 Å². The number of halogens is 2. The predicted octanol–water partition coefficient (Wildman–Crippen LogP) is 3.53. The molecule has 2 unspecified atom stereocenters. The second-order valence-corrected chi connectivity index (χ2v) is 8.87. The van der Waals surface area contributed by atoms with E-state index in [1.165, 1.54) is 12.2 Å². The molecule has 30 heavy (non-hydrogen) atoms. The van der Waals surface area contributed by atoms with Gasteiger partial charge in [0.25, 0.3) is 0 Å². The van der Waals surface area contributed by atoms with Gasteiger partial charge in [-0.1, -0.05) is 0 Å². The van der Waals surface area contributed by atoms with Gasteiger partial charge in [0.1, 0.15) is 18.5 Å². The molecule has 3 aliphatic rings. The van der Waals surface area contributed by atoms with Crippen molar-refractivity contribution in [3.63, 3.8) is 0 Å². The van der Waals surface area contributed by atoms with Crippen molar-refractivity contribution >= 4 is 34.8 Å². The lowest BCUT2D eigenvalue weighted by molar-refractivity contribution is -0.148. The maximum Gasteiger partial charge on any atom is 0.187 e. The molecular weight excluding hydrogens is 429 g/mol. The van der Waals surface area contributed by atoms with Crippen LogP contribution in [0.1, 0.15) is 51.8 Å². The number of carbonyl (C=O) groups is 2. The predicted molar refractivity (Wildman–Crippen MR) is 114 cm³/mol. The van der Waals surface area contributed by atoms with Gasteiger partial charge in [0, 0.05) is 54.5 Å². The molecule has 1 aromatic rings. The summed E-state index contributed by atoms with van der Waals surface area (Å²) < 4.78 is 18.3. The van der Waals surface area contributed by atoms with E-state index in [1.807, 2.05) is 13.8 Å². The quantitative estimate of drug-likeness (QED) is 0.560. The Hall–Kier alpha value is -1.44. The van der Waals surface area contributed by atoms with Crippen molar-refractivity contribution < 1.29 is 23.8 Å². The van der Waals surface area contributed by atoms with Crippen molar-refractivity contribution in [2.75, 3.05) is 38.0 Å². The maximum absolute atomic E-state index is 12.6. The number of benzene rings is 1. The number of nitrogens with zero attached hydrogens (tertiary/aromatic N) is 1. The lowest BCUT2D eigenvalue weighted by atomic mass is 9.88. The molecule has 162 valence electrons. The minimum absolute atomic E-state index is 0.165. The van der Waals surface area contributed by atoms with Crippen molar-refractivity contribution in [2.45, 2.75) is 38.3 Å². The van der Waals surface area contributed by atoms with Crippen LogP contribution in [-0.2, 0) is 15.9 Å². The van der Waals surface area contributed by atoms with E-state index in [0.717, 1.165) is 11.1 Å². The third-order valence-electron chi connectivity index (χ3n) is 5.68. The highest BCUT2D eigenvalue weighted by Gasteiger charge is 2.50. The molecule has 0 spiro atoms. The summed E-state index contributed by atoms with van der Waals surface area (Å²) in [5.41, 5.74) is 2.46. The van der Waals surface area contributed by atoms with Crippen LogP contribution >= 0.6 is 23.2 Å². The lowest BCUT2D eigenvalue weighted by Gasteiger charge is -2.24. The molecule has 8 heteroatoms. The number of alkyl halides is 2. The van der Waals surface area contributed by atoms with E-state index in [4.69, 9.17) is 37.4 Å². The van der Waals surface area contributed by atoms with Gasteiger partial charge in [0.15, 0.2) is 17.4 Å². The van der Waals surface area contributed by atoms with E-state index in [-0.39, 0.29) is 23.8 Å². The van der Waals surface area contributed by atoms with E-state index in [1.54, 1.807) is 6.07 Å². The van der Waals surface area contributed by atoms with Crippen LogP contribution in [0.4, 0.5) is 0 Å². The highest BCUT2D eigenvalue weighted by Crippen LogP contribution is 2.51. The number of rotatable bonds is 8. The first-order valence-electron chi connectivity index (χ1n) is 10.1. The minimum Gasteiger partial charge on any atom is -0.492 e. The Morgan fingerprint density at radius 2 is 1.80 bits per heavy atom. The summed E-state index contributed by atoms with van der Waals surface area (Å²) in [4.78, 5) is 27.2. The van der Waals surface area contributed by atoms with Crippen molar-refractivity contribution in [3.05, 3.63) is 40.5 Å². The molecule has 0 bridgehead atoms. The van der Waals surface area contributed by atoms with Crippen LogP contribution in [0.3, 0.4) is 0 Å². The van der Waals surface area contributed by atoms with Gasteiger partial charge >= 0.3 is 0 Å². The lowest BCUT2D eigenvalue weighted by Crippen LogP contribution is -2.32. The van der Waals surface area contributed by atoms with Crippen LogP contribution in [0.5, 0.6) is 5.75 Å². The first-order valence-corrected chi connectivity index (χ1v) is 11.2. The monoisotopic (exact) mass is 453 g/mol. The first-order chi connectivity index (χ1) is 14.3. The van der Waals surface area contributed by atoms with Crippen LogP contribution in [0.15, 0.2) is 18.2 Å². The molecule has 1 aromatic carbocycles. The molecule has 4 rings (SSSR count). The molecule has 2 atom stereocenters. The van der Waals surface area contributed by atoms with Gasteiger partial charge in [-0.3, -0.25) is 14.5 Å². The zero-order valence-corrected chi connectivity index (χ0v) is 18.6.